The maximum Gasteiger partial charge on any atom is 0.508 e. The summed E-state index contributed by atoms with van der Waals surface area (Å²) in [6, 6.07) is 1.93. The van der Waals surface area contributed by atoms with Crippen LogP contribution in [0.1, 0.15) is 57.5 Å². The zero-order chi connectivity index (χ0) is 36.0. The van der Waals surface area contributed by atoms with E-state index < -0.39 is 53.7 Å². The number of anilines is 2. The lowest BCUT2D eigenvalue weighted by atomic mass is 10.1. The van der Waals surface area contributed by atoms with Gasteiger partial charge in [-0.05, 0) is 12.1 Å². The smallest absolute Gasteiger partial charge is 0.431 e. The van der Waals surface area contributed by atoms with Crippen LogP contribution in [0, 0.1) is 0 Å². The van der Waals surface area contributed by atoms with Gasteiger partial charge in [0.15, 0.2) is 0 Å². The molecule has 268 valence electrons. The molecule has 50 heavy (non-hydrogen) atoms. The van der Waals surface area contributed by atoms with Gasteiger partial charge in [0, 0.05) is 76.7 Å². The Bertz CT molecular complexity index is 1790. The second kappa shape index (κ2) is 13.7. The quantitative estimate of drug-likeness (QED) is 0.169. The number of fused-ring (bicyclic) bond motifs is 2. The van der Waals surface area contributed by atoms with Crippen molar-refractivity contribution < 1.29 is 50.2 Å². The molecular formula is C31H30F6N6O5S2. The van der Waals surface area contributed by atoms with E-state index in [2.05, 4.69) is 20.6 Å². The zero-order valence-corrected chi connectivity index (χ0v) is 28.2. The first kappa shape index (κ1) is 35.4. The van der Waals surface area contributed by atoms with Gasteiger partial charge in [-0.1, -0.05) is 0 Å². The number of rotatable bonds is 6. The molecule has 0 aliphatic carbocycles. The van der Waals surface area contributed by atoms with Crippen molar-refractivity contribution in [3.05, 3.63) is 45.1 Å². The van der Waals surface area contributed by atoms with Crippen LogP contribution in [0.5, 0.6) is 0 Å². The van der Waals surface area contributed by atoms with Crippen molar-refractivity contribution in [2.45, 2.75) is 50.2 Å². The van der Waals surface area contributed by atoms with Crippen LogP contribution in [0.3, 0.4) is 0 Å². The second-order valence-electron chi connectivity index (χ2n) is 11.7. The van der Waals surface area contributed by atoms with Crippen LogP contribution >= 0.6 is 22.7 Å². The first-order valence-corrected chi connectivity index (χ1v) is 17.2. The second-order valence-corrected chi connectivity index (χ2v) is 13.5. The Labute approximate surface area is 288 Å². The Balaban J connectivity index is 1.05. The third kappa shape index (κ3) is 7.10. The third-order valence-corrected chi connectivity index (χ3v) is 10.6. The fourth-order valence-electron chi connectivity index (χ4n) is 6.03. The molecule has 2 amide bonds. The van der Waals surface area contributed by atoms with E-state index in [1.54, 1.807) is 9.80 Å². The number of nitrogens with zero attached hydrogens (tertiary/aromatic N) is 4. The average Bonchev–Trinajstić information content (AvgIpc) is 3.71. The van der Waals surface area contributed by atoms with Crippen molar-refractivity contribution in [3.8, 4) is 0 Å². The predicted octanol–water partition coefficient (Wildman–Crippen LogP) is 6.45. The van der Waals surface area contributed by atoms with E-state index >= 15 is 0 Å². The standard InChI is InChI=1S/C31H30F6N6O5S2/c1-38-27(44)17-13-49-25-19(30(32,33)34)11-21(40-23(17)25)42-7-3-15(4-8-42)47-29(46)48-16-5-9-43(10-6-16)22-12-20(31(35,36)37)26-24(41-22)18(14-50-26)28(45)39-2/h11-16H,3-10H2,1-2H3,(H,38,44)(H,39,45). The summed E-state index contributed by atoms with van der Waals surface area (Å²) < 4.78 is 94.4. The summed E-state index contributed by atoms with van der Waals surface area (Å²) in [5.74, 6) is -0.982. The first-order valence-electron chi connectivity index (χ1n) is 15.5. The summed E-state index contributed by atoms with van der Waals surface area (Å²) in [6.07, 6.45) is -10.2. The van der Waals surface area contributed by atoms with E-state index in [0.717, 1.165) is 34.8 Å². The lowest BCUT2D eigenvalue weighted by Crippen LogP contribution is -2.40. The highest BCUT2D eigenvalue weighted by atomic mass is 32.1. The zero-order valence-electron chi connectivity index (χ0n) is 26.5. The normalized spacial score (nSPS) is 16.6. The summed E-state index contributed by atoms with van der Waals surface area (Å²) in [6.45, 7) is 0.923. The summed E-state index contributed by atoms with van der Waals surface area (Å²) in [5, 5.41) is 7.53. The number of carbonyl (C=O) groups is 3. The van der Waals surface area contributed by atoms with Crippen LogP contribution in [0.15, 0.2) is 22.9 Å². The highest BCUT2D eigenvalue weighted by molar-refractivity contribution is 7.18. The molecule has 0 radical (unpaired) electrons. The summed E-state index contributed by atoms with van der Waals surface area (Å²) in [7, 11) is 2.76. The van der Waals surface area contributed by atoms with Gasteiger partial charge in [0.25, 0.3) is 11.8 Å². The molecular weight excluding hydrogens is 714 g/mol. The van der Waals surface area contributed by atoms with Gasteiger partial charge >= 0.3 is 18.5 Å². The number of thiophene rings is 2. The number of aromatic nitrogens is 2. The Morgan fingerprint density at radius 2 is 1.06 bits per heavy atom. The number of hydrogen-bond donors (Lipinski definition) is 2. The van der Waals surface area contributed by atoms with E-state index in [4.69, 9.17) is 9.47 Å². The van der Waals surface area contributed by atoms with Crippen molar-refractivity contribution in [1.29, 1.82) is 0 Å². The minimum atomic E-state index is -4.67. The molecule has 4 aromatic heterocycles. The first-order chi connectivity index (χ1) is 23.7. The maximum atomic E-state index is 13.9. The lowest BCUT2D eigenvalue weighted by molar-refractivity contribution is -0.137. The Morgan fingerprint density at radius 3 is 1.38 bits per heavy atom. The number of alkyl halides is 6. The van der Waals surface area contributed by atoms with Gasteiger partial charge in [0.05, 0.1) is 42.7 Å². The van der Waals surface area contributed by atoms with Gasteiger partial charge in [-0.2, -0.15) is 26.3 Å². The van der Waals surface area contributed by atoms with Crippen LogP contribution in [0.2, 0.25) is 0 Å². The molecule has 2 saturated heterocycles. The van der Waals surface area contributed by atoms with Crippen molar-refractivity contribution in [1.82, 2.24) is 20.6 Å². The monoisotopic (exact) mass is 744 g/mol. The van der Waals surface area contributed by atoms with Gasteiger partial charge in [0.2, 0.25) is 0 Å². The summed E-state index contributed by atoms with van der Waals surface area (Å²) in [4.78, 5) is 49.3. The summed E-state index contributed by atoms with van der Waals surface area (Å²) >= 11 is 1.60. The number of piperidine rings is 2. The number of pyridine rings is 2. The molecule has 0 saturated carbocycles. The highest BCUT2D eigenvalue weighted by Crippen LogP contribution is 2.42. The van der Waals surface area contributed by atoms with Crippen LogP contribution in [0.25, 0.3) is 20.4 Å². The third-order valence-electron chi connectivity index (χ3n) is 8.63. The molecule has 0 spiro atoms. The molecule has 2 N–H and O–H groups in total. The SMILES string of the molecule is CNC(=O)c1csc2c(C(F)(F)F)cc(N3CCC(OC(=O)OC4CCN(c5cc(C(F)(F)F)c6scc(C(=O)NC)c6n5)CC4)CC3)nc12. The number of hydrogen-bond acceptors (Lipinski definition) is 11. The largest absolute Gasteiger partial charge is 0.508 e. The van der Waals surface area contributed by atoms with Crippen molar-refractivity contribution >= 4 is 72.7 Å². The minimum Gasteiger partial charge on any atom is -0.431 e. The van der Waals surface area contributed by atoms with Gasteiger partial charge < -0.3 is 29.9 Å². The molecule has 19 heteroatoms. The molecule has 0 bridgehead atoms. The van der Waals surface area contributed by atoms with E-state index in [1.165, 1.54) is 24.9 Å². The minimum absolute atomic E-state index is 0.0376. The van der Waals surface area contributed by atoms with Crippen LogP contribution in [-0.4, -0.2) is 80.4 Å². The van der Waals surface area contributed by atoms with Crippen LogP contribution in [0.4, 0.5) is 42.8 Å². The number of amides is 2. The Morgan fingerprint density at radius 1 is 0.700 bits per heavy atom. The predicted molar refractivity (Wildman–Crippen MR) is 174 cm³/mol. The summed E-state index contributed by atoms with van der Waals surface area (Å²) in [5.41, 5.74) is -1.75. The fourth-order valence-corrected chi connectivity index (χ4v) is 8.08. The number of carbonyl (C=O) groups excluding carboxylic acids is 3. The van der Waals surface area contributed by atoms with Crippen LogP contribution < -0.4 is 20.4 Å². The molecule has 6 rings (SSSR count). The van der Waals surface area contributed by atoms with Gasteiger partial charge in [0.1, 0.15) is 23.8 Å². The molecule has 0 unspecified atom stereocenters. The molecule has 6 heterocycles. The molecule has 2 aliphatic heterocycles. The van der Waals surface area contributed by atoms with Gasteiger partial charge in [-0.15, -0.1) is 22.7 Å². The van der Waals surface area contributed by atoms with E-state index in [-0.39, 0.29) is 95.1 Å². The van der Waals surface area contributed by atoms with E-state index in [1.807, 2.05) is 0 Å². The van der Waals surface area contributed by atoms with E-state index in [9.17, 15) is 40.7 Å². The van der Waals surface area contributed by atoms with E-state index in [0.29, 0.717) is 0 Å². The van der Waals surface area contributed by atoms with Crippen molar-refractivity contribution in [2.24, 2.45) is 0 Å². The van der Waals surface area contributed by atoms with Gasteiger partial charge in [-0.25, -0.2) is 14.8 Å². The maximum absolute atomic E-state index is 13.9. The molecule has 11 nitrogen and oxygen atoms in total. The van der Waals surface area contributed by atoms with Crippen LogP contribution in [-0.2, 0) is 21.8 Å². The highest BCUT2D eigenvalue weighted by Gasteiger charge is 2.38. The van der Waals surface area contributed by atoms with Crippen molar-refractivity contribution in [2.75, 3.05) is 50.1 Å². The number of halogens is 6. The average molecular weight is 745 g/mol. The van der Waals surface area contributed by atoms with Crippen molar-refractivity contribution in [3.63, 3.8) is 0 Å². The molecule has 2 fully saturated rings. The van der Waals surface area contributed by atoms with Gasteiger partial charge in [-0.3, -0.25) is 9.59 Å². The molecule has 0 atom stereocenters. The number of ether oxygens (including phenoxy) is 2. The lowest BCUT2D eigenvalue weighted by Gasteiger charge is -2.34. The number of nitrogens with one attached hydrogen (secondary N) is 2. The molecule has 4 aromatic rings. The Hall–Kier alpha value is -4.39. The molecule has 2 aliphatic rings. The molecule has 0 aromatic carbocycles. The Kier molecular flexibility index (Phi) is 9.73. The topological polar surface area (TPSA) is 126 Å². The fraction of sp³-hybridized carbons (Fsp3) is 0.452.